The first-order chi connectivity index (χ1) is 21.7. The van der Waals surface area contributed by atoms with Gasteiger partial charge in [0.1, 0.15) is 0 Å². The summed E-state index contributed by atoms with van der Waals surface area (Å²) in [5.74, 6) is 13.2. The molecule has 6 saturated carbocycles. The van der Waals surface area contributed by atoms with Crippen LogP contribution >= 0.6 is 11.8 Å². The number of hydrogen-bond acceptors (Lipinski definition) is 1. The predicted octanol–water partition coefficient (Wildman–Crippen LogP) is 13.6. The Morgan fingerprint density at radius 3 is 1.83 bits per heavy atom. The quantitative estimate of drug-likeness (QED) is 0.263. The third kappa shape index (κ3) is 5.54. The molecule has 0 radical (unpaired) electrons. The van der Waals surface area contributed by atoms with Gasteiger partial charge in [-0.1, -0.05) is 114 Å². The molecule has 264 valence electrons. The van der Waals surface area contributed by atoms with Crippen LogP contribution in [0.15, 0.2) is 0 Å². The fraction of sp³-hybridized carbons (Fsp3) is 1.00. The van der Waals surface area contributed by atoms with Gasteiger partial charge in [0.05, 0.1) is 8.07 Å². The molecule has 0 aromatic heterocycles. The number of thioether (sulfide) groups is 1. The standard InChI is InChI=1S/C44H78SSi/c1-12-46(13-2,42-28(5)27(4)38-34-18-14-15-20-37(34)45-40(38)42)41-26(3)21-35-36(41)24-29-17-16-19-33(29)39(35)30-22-31(43(6,7)8)25-32(23-30)44(9,10)11/h26-42H,12-25H2,1-11H3. The predicted molar refractivity (Wildman–Crippen MR) is 206 cm³/mol. The second-order valence-electron chi connectivity index (χ2n) is 21.7. The largest absolute Gasteiger partial charge is 0.155 e. The van der Waals surface area contributed by atoms with Crippen LogP contribution in [0.5, 0.6) is 0 Å². The average molecular weight is 667 g/mol. The third-order valence-electron chi connectivity index (χ3n) is 18.2. The molecule has 7 rings (SSSR count). The van der Waals surface area contributed by atoms with E-state index in [9.17, 15) is 0 Å². The summed E-state index contributed by atoms with van der Waals surface area (Å²) in [4.78, 5) is 0. The fourth-order valence-electron chi connectivity index (χ4n) is 16.0. The third-order valence-corrected chi connectivity index (χ3v) is 27.5. The Kier molecular flexibility index (Phi) is 9.63. The van der Waals surface area contributed by atoms with Crippen LogP contribution < -0.4 is 0 Å². The van der Waals surface area contributed by atoms with Crippen molar-refractivity contribution in [2.45, 2.75) is 187 Å². The Labute approximate surface area is 293 Å². The molecule has 0 spiro atoms. The van der Waals surface area contributed by atoms with E-state index in [1.54, 1.807) is 69.9 Å². The molecule has 0 aromatic carbocycles. The number of rotatable bonds is 5. The van der Waals surface area contributed by atoms with Crippen molar-refractivity contribution in [3.8, 4) is 0 Å². The minimum atomic E-state index is -1.53. The molecule has 16 unspecified atom stereocenters. The molecule has 2 heteroatoms. The van der Waals surface area contributed by atoms with E-state index in [1.807, 2.05) is 0 Å². The molecule has 0 N–H and O–H groups in total. The fourth-order valence-corrected chi connectivity index (χ4v) is 26.9. The second-order valence-corrected chi connectivity index (χ2v) is 28.3. The highest BCUT2D eigenvalue weighted by molar-refractivity contribution is 8.01. The van der Waals surface area contributed by atoms with Crippen molar-refractivity contribution >= 4 is 19.8 Å². The van der Waals surface area contributed by atoms with Gasteiger partial charge in [-0.3, -0.25) is 0 Å². The lowest BCUT2D eigenvalue weighted by Crippen LogP contribution is -2.52. The van der Waals surface area contributed by atoms with Crippen molar-refractivity contribution < 1.29 is 0 Å². The molecular formula is C44H78SSi. The maximum Gasteiger partial charge on any atom is 0.0611 e. The zero-order chi connectivity index (χ0) is 32.9. The monoisotopic (exact) mass is 667 g/mol. The molecule has 16 atom stereocenters. The molecule has 6 aliphatic carbocycles. The summed E-state index contributed by atoms with van der Waals surface area (Å²) in [7, 11) is -1.53. The van der Waals surface area contributed by atoms with E-state index in [2.05, 4.69) is 87.9 Å². The van der Waals surface area contributed by atoms with Crippen molar-refractivity contribution in [3.63, 3.8) is 0 Å². The molecule has 1 heterocycles. The maximum atomic E-state index is 2.84. The molecule has 0 nitrogen and oxygen atoms in total. The van der Waals surface area contributed by atoms with Crippen LogP contribution in [-0.4, -0.2) is 18.6 Å². The van der Waals surface area contributed by atoms with Crippen molar-refractivity contribution in [2.75, 3.05) is 0 Å². The minimum absolute atomic E-state index is 0.450. The van der Waals surface area contributed by atoms with Crippen molar-refractivity contribution in [1.29, 1.82) is 0 Å². The van der Waals surface area contributed by atoms with Gasteiger partial charge in [-0.15, -0.1) is 0 Å². The Hall–Kier alpha value is 0.567. The van der Waals surface area contributed by atoms with Crippen LogP contribution in [0.3, 0.4) is 0 Å². The summed E-state index contributed by atoms with van der Waals surface area (Å²) < 4.78 is 0. The molecular weight excluding hydrogens is 589 g/mol. The lowest BCUT2D eigenvalue weighted by Gasteiger charge is -2.55. The normalized spacial score (nSPS) is 51.1. The summed E-state index contributed by atoms with van der Waals surface area (Å²) in [6, 6.07) is 3.17. The summed E-state index contributed by atoms with van der Waals surface area (Å²) >= 11 is 2.61. The van der Waals surface area contributed by atoms with Crippen molar-refractivity contribution in [2.24, 2.45) is 87.8 Å². The van der Waals surface area contributed by atoms with E-state index in [0.717, 1.165) is 98.5 Å². The smallest absolute Gasteiger partial charge is 0.0611 e. The van der Waals surface area contributed by atoms with Crippen LogP contribution in [0.25, 0.3) is 0 Å². The lowest BCUT2D eigenvalue weighted by atomic mass is 9.52. The van der Waals surface area contributed by atoms with E-state index in [1.165, 1.54) is 19.3 Å². The molecule has 46 heavy (non-hydrogen) atoms. The molecule has 1 saturated heterocycles. The van der Waals surface area contributed by atoms with Crippen LogP contribution in [0.1, 0.15) is 153 Å². The molecule has 7 fully saturated rings. The highest BCUT2D eigenvalue weighted by atomic mass is 32.2. The molecule has 0 aromatic rings. The Bertz CT molecular complexity index is 1040. The first kappa shape index (κ1) is 35.0. The first-order valence-corrected chi connectivity index (χ1v) is 24.9. The second kappa shape index (κ2) is 12.7. The van der Waals surface area contributed by atoms with Crippen molar-refractivity contribution in [1.82, 2.24) is 0 Å². The van der Waals surface area contributed by atoms with Gasteiger partial charge >= 0.3 is 0 Å². The van der Waals surface area contributed by atoms with Gasteiger partial charge in [-0.2, -0.15) is 11.8 Å². The van der Waals surface area contributed by atoms with Crippen LogP contribution in [0, 0.1) is 87.8 Å². The van der Waals surface area contributed by atoms with Crippen LogP contribution in [-0.2, 0) is 0 Å². The molecule has 1 aliphatic heterocycles. The topological polar surface area (TPSA) is 0 Å². The number of hydrogen-bond donors (Lipinski definition) is 0. The minimum Gasteiger partial charge on any atom is -0.155 e. The molecule has 0 amide bonds. The van der Waals surface area contributed by atoms with Gasteiger partial charge in [-0.25, -0.2) is 0 Å². The molecule has 0 bridgehead atoms. The Morgan fingerprint density at radius 2 is 1.20 bits per heavy atom. The van der Waals surface area contributed by atoms with Gasteiger partial charge in [-0.05, 0) is 150 Å². The van der Waals surface area contributed by atoms with Gasteiger partial charge < -0.3 is 0 Å². The van der Waals surface area contributed by atoms with E-state index < -0.39 is 8.07 Å². The number of fused-ring (bicyclic) bond motifs is 5. The Morgan fingerprint density at radius 1 is 0.565 bits per heavy atom. The van der Waals surface area contributed by atoms with Crippen LogP contribution in [0.2, 0.25) is 23.2 Å². The average Bonchev–Trinajstić information content (AvgIpc) is 3.76. The van der Waals surface area contributed by atoms with E-state index in [-0.39, 0.29) is 0 Å². The first-order valence-electron chi connectivity index (χ1n) is 21.4. The van der Waals surface area contributed by atoms with Gasteiger partial charge in [0.25, 0.3) is 0 Å². The molecule has 7 aliphatic rings. The highest BCUT2D eigenvalue weighted by Crippen LogP contribution is 2.72. The summed E-state index contributed by atoms with van der Waals surface area (Å²) in [5, 5.41) is 2.04. The van der Waals surface area contributed by atoms with Gasteiger partial charge in [0.2, 0.25) is 0 Å². The lowest BCUT2D eigenvalue weighted by molar-refractivity contribution is -0.0360. The SMILES string of the molecule is CC[Si](CC)(C1C(C)CC2C1CC1CCCC1C2C1CC(C(C)(C)C)CC(C(C)(C)C)C1)C1C(C)C(C)C2C3CCCCC3SC21. The van der Waals surface area contributed by atoms with E-state index >= 15 is 0 Å². The van der Waals surface area contributed by atoms with Gasteiger partial charge in [0.15, 0.2) is 0 Å². The Balaban J connectivity index is 1.24. The summed E-state index contributed by atoms with van der Waals surface area (Å²) in [5.41, 5.74) is 3.10. The highest BCUT2D eigenvalue weighted by Gasteiger charge is 2.67. The van der Waals surface area contributed by atoms with E-state index in [0.29, 0.717) is 10.8 Å². The van der Waals surface area contributed by atoms with E-state index in [4.69, 9.17) is 0 Å². The zero-order valence-corrected chi connectivity index (χ0v) is 34.4. The van der Waals surface area contributed by atoms with Gasteiger partial charge in [0, 0.05) is 10.5 Å². The maximum absolute atomic E-state index is 2.84. The van der Waals surface area contributed by atoms with Crippen LogP contribution in [0.4, 0.5) is 0 Å². The summed E-state index contributed by atoms with van der Waals surface area (Å²) in [6.45, 7) is 29.4. The van der Waals surface area contributed by atoms with Crippen molar-refractivity contribution in [3.05, 3.63) is 0 Å². The zero-order valence-electron chi connectivity index (χ0n) is 32.6. The summed E-state index contributed by atoms with van der Waals surface area (Å²) in [6.07, 6.45) is 18.7.